The van der Waals surface area contributed by atoms with E-state index in [9.17, 15) is 0 Å². The maximum atomic E-state index is 6.47. The number of benzene rings is 1. The molecule has 1 aliphatic carbocycles. The van der Waals surface area contributed by atoms with E-state index in [0.717, 1.165) is 25.7 Å². The summed E-state index contributed by atoms with van der Waals surface area (Å²) in [6, 6.07) is 8.64. The van der Waals surface area contributed by atoms with Gasteiger partial charge in [0.15, 0.2) is 18.2 Å². The van der Waals surface area contributed by atoms with Crippen LogP contribution in [0.1, 0.15) is 64.5 Å². The molecule has 29 heavy (non-hydrogen) atoms. The maximum Gasteiger partial charge on any atom is 0.201 e. The Morgan fingerprint density at radius 2 is 1.76 bits per heavy atom. The molecule has 2 bridgehead atoms. The van der Waals surface area contributed by atoms with Crippen LogP contribution in [0.25, 0.3) is 0 Å². The molecule has 6 rings (SSSR count). The Balaban J connectivity index is 1.38. The summed E-state index contributed by atoms with van der Waals surface area (Å²) in [7, 11) is 0. The van der Waals surface area contributed by atoms with Crippen molar-refractivity contribution >= 4 is 0 Å². The van der Waals surface area contributed by atoms with Crippen LogP contribution in [0.5, 0.6) is 0 Å². The lowest BCUT2D eigenvalue weighted by atomic mass is 9.58. The summed E-state index contributed by atoms with van der Waals surface area (Å²) < 4.78 is 19.2. The van der Waals surface area contributed by atoms with Crippen molar-refractivity contribution in [2.45, 2.75) is 90.4 Å². The van der Waals surface area contributed by atoms with Gasteiger partial charge >= 0.3 is 0 Å². The molecule has 4 saturated heterocycles. The van der Waals surface area contributed by atoms with Gasteiger partial charge in [-0.3, -0.25) is 0 Å². The molecule has 0 amide bonds. The average molecular weight is 403 g/mol. The molecule has 5 heteroatoms. The van der Waals surface area contributed by atoms with Crippen molar-refractivity contribution in [3.05, 3.63) is 35.4 Å². The summed E-state index contributed by atoms with van der Waals surface area (Å²) in [6.07, 6.45) is 4.49. The molecule has 4 aliphatic heterocycles. The average Bonchev–Trinajstić information content (AvgIpc) is 2.96. The van der Waals surface area contributed by atoms with Crippen LogP contribution >= 0.6 is 0 Å². The standard InChI is InChI=1S/C24H34O5/c1-5-17-7-9-18(10-8-17)14-25-21-16(3)20-11-6-15(2)19-12-13-23(4)27-22(26-21)24(19,20)29-28-23/h7-10,15-16,19-22H,5-6,11-14H2,1-4H3/t15-,16-,19+,20?,21+,22?,23+,24-/m1/s1. The topological polar surface area (TPSA) is 46.2 Å². The SMILES string of the molecule is CCc1ccc(CO[C@H]2OC3O[C@]4(C)CC[C@H]5[C@H](C)CCC([C@H]2C)[C@@]35OO4)cc1. The van der Waals surface area contributed by atoms with Gasteiger partial charge in [-0.05, 0) is 55.6 Å². The Morgan fingerprint density at radius 1 is 1.00 bits per heavy atom. The van der Waals surface area contributed by atoms with Crippen molar-refractivity contribution in [3.8, 4) is 0 Å². The lowest BCUT2D eigenvalue weighted by Crippen LogP contribution is -2.70. The number of ether oxygens (including phenoxy) is 3. The summed E-state index contributed by atoms with van der Waals surface area (Å²) in [5.41, 5.74) is 1.99. The Bertz CT molecular complexity index is 735. The molecule has 1 aromatic rings. The summed E-state index contributed by atoms with van der Waals surface area (Å²) in [6.45, 7) is 9.24. The van der Waals surface area contributed by atoms with Gasteiger partial charge in [-0.25, -0.2) is 9.78 Å². The third-order valence-electron chi connectivity index (χ3n) is 7.94. The number of fused-ring (bicyclic) bond motifs is 2. The van der Waals surface area contributed by atoms with Gasteiger partial charge in [-0.1, -0.05) is 45.0 Å². The minimum Gasteiger partial charge on any atom is -0.348 e. The molecular formula is C24H34O5. The van der Waals surface area contributed by atoms with E-state index < -0.39 is 17.7 Å². The van der Waals surface area contributed by atoms with E-state index in [0.29, 0.717) is 24.4 Å². The predicted octanol–water partition coefficient (Wildman–Crippen LogP) is 4.97. The smallest absolute Gasteiger partial charge is 0.201 e. The van der Waals surface area contributed by atoms with Gasteiger partial charge in [-0.2, -0.15) is 0 Å². The fourth-order valence-corrected chi connectivity index (χ4v) is 6.11. The van der Waals surface area contributed by atoms with Crippen molar-refractivity contribution in [1.29, 1.82) is 0 Å². The van der Waals surface area contributed by atoms with Crippen LogP contribution in [0.2, 0.25) is 0 Å². The largest absolute Gasteiger partial charge is 0.348 e. The molecule has 5 aliphatic rings. The van der Waals surface area contributed by atoms with E-state index in [2.05, 4.69) is 45.0 Å². The first-order chi connectivity index (χ1) is 13.9. The van der Waals surface area contributed by atoms with Gasteiger partial charge in [0.1, 0.15) is 0 Å². The highest BCUT2D eigenvalue weighted by Crippen LogP contribution is 2.60. The molecule has 8 atom stereocenters. The van der Waals surface area contributed by atoms with Gasteiger partial charge in [0.25, 0.3) is 0 Å². The molecule has 0 radical (unpaired) electrons. The second kappa shape index (κ2) is 7.31. The first-order valence-corrected chi connectivity index (χ1v) is 11.3. The molecular weight excluding hydrogens is 368 g/mol. The van der Waals surface area contributed by atoms with Crippen LogP contribution in [-0.4, -0.2) is 24.0 Å². The van der Waals surface area contributed by atoms with Gasteiger partial charge in [0.05, 0.1) is 6.61 Å². The number of hydrogen-bond donors (Lipinski definition) is 0. The second-order valence-electron chi connectivity index (χ2n) is 9.75. The lowest BCUT2D eigenvalue weighted by Gasteiger charge is -2.60. The van der Waals surface area contributed by atoms with Crippen molar-refractivity contribution in [2.75, 3.05) is 0 Å². The normalized spacial score (nSPS) is 46.2. The zero-order chi connectivity index (χ0) is 20.2. The van der Waals surface area contributed by atoms with Crippen LogP contribution in [0.15, 0.2) is 24.3 Å². The third kappa shape index (κ3) is 3.17. The summed E-state index contributed by atoms with van der Waals surface area (Å²) in [5, 5.41) is 0. The highest BCUT2D eigenvalue weighted by molar-refractivity contribution is 5.22. The molecule has 1 aromatic carbocycles. The monoisotopic (exact) mass is 402 g/mol. The molecule has 5 fully saturated rings. The Labute approximate surface area is 173 Å². The number of aryl methyl sites for hydroxylation is 1. The second-order valence-corrected chi connectivity index (χ2v) is 9.75. The third-order valence-corrected chi connectivity index (χ3v) is 7.94. The minimum absolute atomic E-state index is 0.214. The summed E-state index contributed by atoms with van der Waals surface area (Å²) in [4.78, 5) is 12.1. The highest BCUT2D eigenvalue weighted by Gasteiger charge is 2.69. The lowest BCUT2D eigenvalue weighted by molar-refractivity contribution is -0.577. The zero-order valence-corrected chi connectivity index (χ0v) is 18.1. The van der Waals surface area contributed by atoms with Gasteiger partial charge < -0.3 is 14.2 Å². The molecule has 2 unspecified atom stereocenters. The molecule has 1 spiro atoms. The molecule has 1 saturated carbocycles. The number of rotatable bonds is 4. The quantitative estimate of drug-likeness (QED) is 0.665. The highest BCUT2D eigenvalue weighted by atomic mass is 17.3. The Hall–Kier alpha value is -0.980. The van der Waals surface area contributed by atoms with Crippen molar-refractivity contribution in [3.63, 3.8) is 0 Å². The molecule has 4 heterocycles. The first-order valence-electron chi connectivity index (χ1n) is 11.3. The predicted molar refractivity (Wildman–Crippen MR) is 107 cm³/mol. The van der Waals surface area contributed by atoms with Crippen molar-refractivity contribution < 1.29 is 24.0 Å². The molecule has 0 aromatic heterocycles. The van der Waals surface area contributed by atoms with Crippen molar-refractivity contribution in [1.82, 2.24) is 0 Å². The van der Waals surface area contributed by atoms with E-state index in [1.54, 1.807) is 0 Å². The molecule has 5 nitrogen and oxygen atoms in total. The minimum atomic E-state index is -0.737. The van der Waals surface area contributed by atoms with Crippen LogP contribution < -0.4 is 0 Å². The molecule has 160 valence electrons. The Kier molecular flexibility index (Phi) is 5.03. The summed E-state index contributed by atoms with van der Waals surface area (Å²) in [5.74, 6) is 0.745. The first kappa shape index (κ1) is 20.0. The van der Waals surface area contributed by atoms with Gasteiger partial charge in [-0.15, -0.1) is 0 Å². The van der Waals surface area contributed by atoms with E-state index in [-0.39, 0.29) is 12.2 Å². The van der Waals surface area contributed by atoms with Crippen LogP contribution in [0.3, 0.4) is 0 Å². The zero-order valence-electron chi connectivity index (χ0n) is 18.1. The van der Waals surface area contributed by atoms with Gasteiger partial charge in [0.2, 0.25) is 5.79 Å². The van der Waals surface area contributed by atoms with E-state index >= 15 is 0 Å². The molecule has 0 N–H and O–H groups in total. The van der Waals surface area contributed by atoms with E-state index in [1.165, 1.54) is 17.5 Å². The Morgan fingerprint density at radius 3 is 2.52 bits per heavy atom. The van der Waals surface area contributed by atoms with Crippen molar-refractivity contribution in [2.24, 2.45) is 23.7 Å². The van der Waals surface area contributed by atoms with Crippen LogP contribution in [-0.2, 0) is 37.0 Å². The maximum absolute atomic E-state index is 6.47. The van der Waals surface area contributed by atoms with E-state index in [4.69, 9.17) is 24.0 Å². The summed E-state index contributed by atoms with van der Waals surface area (Å²) >= 11 is 0. The fourth-order valence-electron chi connectivity index (χ4n) is 6.11. The van der Waals surface area contributed by atoms with Gasteiger partial charge in [0, 0.05) is 18.3 Å². The van der Waals surface area contributed by atoms with E-state index in [1.807, 2.05) is 6.92 Å². The number of hydrogen-bond acceptors (Lipinski definition) is 5. The fraction of sp³-hybridized carbons (Fsp3) is 0.750. The van der Waals surface area contributed by atoms with Crippen LogP contribution in [0.4, 0.5) is 0 Å². The van der Waals surface area contributed by atoms with Crippen LogP contribution in [0, 0.1) is 23.7 Å².